The summed E-state index contributed by atoms with van der Waals surface area (Å²) in [5.41, 5.74) is 3.06. The third kappa shape index (κ3) is 5.05. The highest BCUT2D eigenvalue weighted by atomic mass is 16.5. The Kier molecular flexibility index (Phi) is 6.77. The van der Waals surface area contributed by atoms with Gasteiger partial charge in [-0.25, -0.2) is 0 Å². The third-order valence-corrected chi connectivity index (χ3v) is 8.13. The molecule has 1 amide bonds. The van der Waals surface area contributed by atoms with Gasteiger partial charge in [0.25, 0.3) is 5.91 Å². The molecule has 3 N–H and O–H groups in total. The molecule has 0 radical (unpaired) electrons. The fourth-order valence-corrected chi connectivity index (χ4v) is 5.79. The Morgan fingerprint density at radius 3 is 2.72 bits per heavy atom. The van der Waals surface area contributed by atoms with Crippen LogP contribution in [0.1, 0.15) is 53.7 Å². The second kappa shape index (κ2) is 10.3. The minimum absolute atomic E-state index is 0.0131. The van der Waals surface area contributed by atoms with E-state index in [0.717, 1.165) is 58.3 Å². The van der Waals surface area contributed by atoms with E-state index in [2.05, 4.69) is 49.8 Å². The van der Waals surface area contributed by atoms with Gasteiger partial charge in [-0.3, -0.25) is 9.69 Å². The average molecular weight is 493 g/mol. The third-order valence-electron chi connectivity index (χ3n) is 8.13. The maximum absolute atomic E-state index is 13.5. The van der Waals surface area contributed by atoms with Gasteiger partial charge < -0.3 is 25.4 Å². The highest BCUT2D eigenvalue weighted by Gasteiger charge is 2.36. The zero-order valence-corrected chi connectivity index (χ0v) is 20.7. The lowest BCUT2D eigenvalue weighted by Gasteiger charge is -2.43. The predicted molar refractivity (Wildman–Crippen MR) is 136 cm³/mol. The van der Waals surface area contributed by atoms with Gasteiger partial charge >= 0.3 is 6.01 Å². The standard InChI is InChI=1S/C27H36N6O3/c34-24-17-33(13-10-23(24)32-12-9-18-4-1-2-5-19(18)16-32)26(35)22-14-25(29-20-6-3-7-20)31-27(30-22)36-21-8-11-28-15-21/h1-2,4-5,14,20-21,23-24,28,34H,3,6-13,15-17H2,(H,29,30,31)/t21-,23-,24-/m1/s1. The number of β-amino-alcohol motifs (C(OH)–C–C–N with tert-alkyl or cyclic N) is 1. The van der Waals surface area contributed by atoms with Gasteiger partial charge in [0.15, 0.2) is 0 Å². The smallest absolute Gasteiger partial charge is 0.319 e. The van der Waals surface area contributed by atoms with Crippen molar-refractivity contribution in [3.8, 4) is 6.01 Å². The van der Waals surface area contributed by atoms with E-state index in [9.17, 15) is 9.90 Å². The number of rotatable bonds is 6. The monoisotopic (exact) mass is 492 g/mol. The first kappa shape index (κ1) is 23.6. The van der Waals surface area contributed by atoms with Gasteiger partial charge in [0, 0.05) is 50.9 Å². The number of amides is 1. The largest absolute Gasteiger partial charge is 0.459 e. The molecular weight excluding hydrogens is 456 g/mol. The maximum atomic E-state index is 13.5. The second-order valence-corrected chi connectivity index (χ2v) is 10.6. The number of nitrogens with one attached hydrogen (secondary N) is 2. The van der Waals surface area contributed by atoms with Gasteiger partial charge in [-0.05, 0) is 56.2 Å². The van der Waals surface area contributed by atoms with Crippen LogP contribution in [0.3, 0.4) is 0 Å². The van der Waals surface area contributed by atoms with Gasteiger partial charge in [0.1, 0.15) is 17.6 Å². The molecule has 0 spiro atoms. The van der Waals surface area contributed by atoms with E-state index < -0.39 is 6.10 Å². The first-order valence-electron chi connectivity index (χ1n) is 13.4. The summed E-state index contributed by atoms with van der Waals surface area (Å²) in [7, 11) is 0. The summed E-state index contributed by atoms with van der Waals surface area (Å²) in [6, 6.07) is 11.0. The van der Waals surface area contributed by atoms with Gasteiger partial charge in [-0.2, -0.15) is 9.97 Å². The van der Waals surface area contributed by atoms with E-state index >= 15 is 0 Å². The van der Waals surface area contributed by atoms with E-state index in [4.69, 9.17) is 4.74 Å². The van der Waals surface area contributed by atoms with Crippen molar-refractivity contribution < 1.29 is 14.6 Å². The first-order valence-corrected chi connectivity index (χ1v) is 13.4. The van der Waals surface area contributed by atoms with E-state index in [1.165, 1.54) is 17.5 Å². The molecule has 2 aromatic rings. The molecule has 1 aromatic carbocycles. The molecule has 36 heavy (non-hydrogen) atoms. The molecule has 9 heteroatoms. The molecule has 3 fully saturated rings. The van der Waals surface area contributed by atoms with Crippen LogP contribution >= 0.6 is 0 Å². The van der Waals surface area contributed by atoms with Crippen LogP contribution in [0.5, 0.6) is 6.01 Å². The highest BCUT2D eigenvalue weighted by Crippen LogP contribution is 2.27. The molecule has 192 valence electrons. The van der Waals surface area contributed by atoms with Crippen molar-refractivity contribution >= 4 is 11.7 Å². The van der Waals surface area contributed by atoms with Crippen molar-refractivity contribution in [1.29, 1.82) is 0 Å². The minimum Gasteiger partial charge on any atom is -0.459 e. The number of hydrogen-bond acceptors (Lipinski definition) is 8. The molecule has 4 aliphatic rings. The molecule has 6 rings (SSSR count). The lowest BCUT2D eigenvalue weighted by atomic mass is 9.93. The summed E-state index contributed by atoms with van der Waals surface area (Å²) in [5, 5.41) is 17.8. The summed E-state index contributed by atoms with van der Waals surface area (Å²) in [6.07, 6.45) is 5.48. The number of carbonyl (C=O) groups excluding carboxylic acids is 1. The normalized spacial score (nSPS) is 26.8. The molecule has 3 atom stereocenters. The second-order valence-electron chi connectivity index (χ2n) is 10.6. The number of ether oxygens (including phenoxy) is 1. The average Bonchev–Trinajstić information content (AvgIpc) is 3.38. The molecule has 0 unspecified atom stereocenters. The fourth-order valence-electron chi connectivity index (χ4n) is 5.79. The van der Waals surface area contributed by atoms with E-state index in [1.807, 2.05) is 0 Å². The minimum atomic E-state index is -0.595. The van der Waals surface area contributed by atoms with Crippen LogP contribution in [-0.2, 0) is 13.0 Å². The van der Waals surface area contributed by atoms with Gasteiger partial charge in [-0.15, -0.1) is 0 Å². The molecule has 1 aromatic heterocycles. The van der Waals surface area contributed by atoms with Gasteiger partial charge in [-0.1, -0.05) is 24.3 Å². The maximum Gasteiger partial charge on any atom is 0.319 e. The van der Waals surface area contributed by atoms with Crippen LogP contribution in [0, 0.1) is 0 Å². The van der Waals surface area contributed by atoms with Crippen LogP contribution < -0.4 is 15.4 Å². The van der Waals surface area contributed by atoms with E-state index in [1.54, 1.807) is 11.0 Å². The molecule has 1 saturated carbocycles. The summed E-state index contributed by atoms with van der Waals surface area (Å²) in [4.78, 5) is 26.7. The van der Waals surface area contributed by atoms with Crippen LogP contribution in [-0.4, -0.2) is 87.8 Å². The number of likely N-dealkylation sites (tertiary alicyclic amines) is 1. The van der Waals surface area contributed by atoms with E-state index in [0.29, 0.717) is 30.6 Å². The fraction of sp³-hybridized carbons (Fsp3) is 0.593. The summed E-state index contributed by atoms with van der Waals surface area (Å²) >= 11 is 0. The number of piperidine rings is 1. The summed E-state index contributed by atoms with van der Waals surface area (Å²) < 4.78 is 6.02. The lowest BCUT2D eigenvalue weighted by Crippen LogP contribution is -2.56. The zero-order chi connectivity index (χ0) is 24.5. The molecule has 4 heterocycles. The Labute approximate surface area is 212 Å². The van der Waals surface area contributed by atoms with Crippen molar-refractivity contribution in [2.24, 2.45) is 0 Å². The number of anilines is 1. The van der Waals surface area contributed by atoms with Crippen LogP contribution in [0.15, 0.2) is 30.3 Å². The van der Waals surface area contributed by atoms with Gasteiger partial charge in [0.05, 0.1) is 6.10 Å². The van der Waals surface area contributed by atoms with Crippen LogP contribution in [0.4, 0.5) is 5.82 Å². The Balaban J connectivity index is 1.14. The Hall–Kier alpha value is -2.75. The number of benzene rings is 1. The van der Waals surface area contributed by atoms with Crippen molar-refractivity contribution in [1.82, 2.24) is 25.1 Å². The number of aromatic nitrogens is 2. The number of carbonyl (C=O) groups is 1. The molecule has 0 bridgehead atoms. The Morgan fingerprint density at radius 2 is 1.97 bits per heavy atom. The number of hydrogen-bond donors (Lipinski definition) is 3. The number of aliphatic hydroxyl groups excluding tert-OH is 1. The first-order chi connectivity index (χ1) is 17.6. The van der Waals surface area contributed by atoms with Crippen LogP contribution in [0.25, 0.3) is 0 Å². The van der Waals surface area contributed by atoms with Gasteiger partial charge in [0.2, 0.25) is 0 Å². The highest BCUT2D eigenvalue weighted by molar-refractivity contribution is 5.93. The van der Waals surface area contributed by atoms with E-state index in [-0.39, 0.29) is 24.1 Å². The lowest BCUT2D eigenvalue weighted by molar-refractivity contribution is -0.0139. The molecule has 2 saturated heterocycles. The van der Waals surface area contributed by atoms with Crippen LogP contribution in [0.2, 0.25) is 0 Å². The summed E-state index contributed by atoms with van der Waals surface area (Å²) in [6.45, 7) is 4.35. The molecule has 9 nitrogen and oxygen atoms in total. The predicted octanol–water partition coefficient (Wildman–Crippen LogP) is 1.82. The molecule has 3 aliphatic heterocycles. The van der Waals surface area contributed by atoms with Crippen molar-refractivity contribution in [2.45, 2.75) is 69.4 Å². The summed E-state index contributed by atoms with van der Waals surface area (Å²) in [5.74, 6) is 0.464. The van der Waals surface area contributed by atoms with Crippen molar-refractivity contribution in [2.75, 3.05) is 38.0 Å². The number of aliphatic hydroxyl groups is 1. The Morgan fingerprint density at radius 1 is 1.11 bits per heavy atom. The Bertz CT molecular complexity index is 1090. The SMILES string of the molecule is O=C(c1cc(NC2CCC2)nc(O[C@@H]2CCNC2)n1)N1CC[C@@H](N2CCc3ccccc3C2)[C@H](O)C1. The topological polar surface area (TPSA) is 103 Å². The molecule has 1 aliphatic carbocycles. The van der Waals surface area contributed by atoms with Crippen molar-refractivity contribution in [3.63, 3.8) is 0 Å². The molecular formula is C27H36N6O3. The number of nitrogens with zero attached hydrogens (tertiary/aromatic N) is 4. The quantitative estimate of drug-likeness (QED) is 0.561. The van der Waals surface area contributed by atoms with Crippen molar-refractivity contribution in [3.05, 3.63) is 47.2 Å². The number of fused-ring (bicyclic) bond motifs is 1. The zero-order valence-electron chi connectivity index (χ0n) is 20.7.